The Morgan fingerprint density at radius 1 is 1.14 bits per heavy atom. The lowest BCUT2D eigenvalue weighted by Gasteiger charge is -2.32. The van der Waals surface area contributed by atoms with Crippen molar-refractivity contribution in [2.75, 3.05) is 20.6 Å². The van der Waals surface area contributed by atoms with E-state index < -0.39 is 0 Å². The smallest absolute Gasteiger partial charge is 0.399 e. The van der Waals surface area contributed by atoms with E-state index in [4.69, 9.17) is 9.31 Å². The van der Waals surface area contributed by atoms with Gasteiger partial charge in [0.1, 0.15) is 0 Å². The van der Waals surface area contributed by atoms with Gasteiger partial charge < -0.3 is 13.9 Å². The average molecular weight is 417 g/mol. The molecule has 0 bridgehead atoms. The minimum Gasteiger partial charge on any atom is -0.399 e. The molecule has 0 atom stereocenters. The zero-order valence-corrected chi connectivity index (χ0v) is 20.0. The molecule has 0 spiro atoms. The van der Waals surface area contributed by atoms with Crippen LogP contribution >= 0.6 is 12.1 Å². The molecule has 29 heavy (non-hydrogen) atoms. The van der Waals surface area contributed by atoms with Gasteiger partial charge in [-0.05, 0) is 71.2 Å². The number of nitrogens with zero attached hydrogens (tertiary/aromatic N) is 2. The van der Waals surface area contributed by atoms with E-state index in [-0.39, 0.29) is 18.3 Å². The van der Waals surface area contributed by atoms with Gasteiger partial charge in [-0.1, -0.05) is 26.0 Å². The summed E-state index contributed by atoms with van der Waals surface area (Å²) in [6.07, 6.45) is 3.32. The van der Waals surface area contributed by atoms with E-state index in [1.54, 1.807) is 12.1 Å². The molecular formula is C22H36BN3O2S. The van der Waals surface area contributed by atoms with Crippen LogP contribution in [0, 0.1) is 5.92 Å². The van der Waals surface area contributed by atoms with Gasteiger partial charge in [0.2, 0.25) is 0 Å². The van der Waals surface area contributed by atoms with Crippen molar-refractivity contribution in [2.45, 2.75) is 65.7 Å². The summed E-state index contributed by atoms with van der Waals surface area (Å²) in [5.41, 5.74) is 3.09. The van der Waals surface area contributed by atoms with Gasteiger partial charge in [-0.25, -0.2) is 4.31 Å². The molecule has 5 nitrogen and oxygen atoms in total. The second kappa shape index (κ2) is 8.63. The maximum atomic E-state index is 6.28. The lowest BCUT2D eigenvalue weighted by atomic mass is 9.78. The zero-order valence-electron chi connectivity index (χ0n) is 19.2. The SMILES string of the molecule is CC(C)Cn1cc(CCNSN(C)C)c2ccc(B3OC(C)(C)C(C)(C)O3)cc21. The maximum absolute atomic E-state index is 6.28. The van der Waals surface area contributed by atoms with Gasteiger partial charge in [-0.15, -0.1) is 0 Å². The van der Waals surface area contributed by atoms with Crippen molar-refractivity contribution >= 4 is 35.6 Å². The van der Waals surface area contributed by atoms with Crippen LogP contribution in [0.4, 0.5) is 0 Å². The monoisotopic (exact) mass is 417 g/mol. The second-order valence-corrected chi connectivity index (χ2v) is 10.8. The third-order valence-electron chi connectivity index (χ3n) is 5.82. The average Bonchev–Trinajstić information content (AvgIpc) is 3.04. The molecule has 160 valence electrons. The molecule has 3 rings (SSSR count). The first-order valence-electron chi connectivity index (χ1n) is 10.5. The first-order chi connectivity index (χ1) is 13.5. The first kappa shape index (κ1) is 22.7. The van der Waals surface area contributed by atoms with Gasteiger partial charge in [0.05, 0.1) is 11.2 Å². The summed E-state index contributed by atoms with van der Waals surface area (Å²) in [6.45, 7) is 14.9. The van der Waals surface area contributed by atoms with Gasteiger partial charge in [0, 0.05) is 42.3 Å². The normalized spacial score (nSPS) is 18.5. The number of benzene rings is 1. The minimum absolute atomic E-state index is 0.326. The Hall–Kier alpha value is -0.985. The van der Waals surface area contributed by atoms with Crippen molar-refractivity contribution in [1.29, 1.82) is 0 Å². The van der Waals surface area contributed by atoms with E-state index in [9.17, 15) is 0 Å². The van der Waals surface area contributed by atoms with E-state index in [2.05, 4.69) is 79.5 Å². The highest BCUT2D eigenvalue weighted by molar-refractivity contribution is 7.95. The number of aromatic nitrogens is 1. The van der Waals surface area contributed by atoms with Crippen LogP contribution in [0.15, 0.2) is 24.4 Å². The molecule has 1 saturated heterocycles. The Morgan fingerprint density at radius 3 is 2.38 bits per heavy atom. The lowest BCUT2D eigenvalue weighted by molar-refractivity contribution is 0.00578. The van der Waals surface area contributed by atoms with E-state index >= 15 is 0 Å². The summed E-state index contributed by atoms with van der Waals surface area (Å²) in [7, 11) is 3.76. The molecule has 1 aliphatic heterocycles. The largest absolute Gasteiger partial charge is 0.494 e. The second-order valence-electron chi connectivity index (χ2n) is 9.61. The summed E-state index contributed by atoms with van der Waals surface area (Å²) in [5.74, 6) is 0.585. The molecule has 2 heterocycles. The van der Waals surface area contributed by atoms with Crippen molar-refractivity contribution in [3.63, 3.8) is 0 Å². The summed E-state index contributed by atoms with van der Waals surface area (Å²) in [5, 5.41) is 1.32. The van der Waals surface area contributed by atoms with Gasteiger partial charge >= 0.3 is 7.12 Å². The molecule has 2 aromatic rings. The van der Waals surface area contributed by atoms with Crippen LogP contribution in [0.2, 0.25) is 0 Å². The molecule has 1 aliphatic rings. The summed E-state index contributed by atoms with van der Waals surface area (Å²) < 4.78 is 20.4. The molecule has 1 aromatic heterocycles. The van der Waals surface area contributed by atoms with Crippen LogP contribution < -0.4 is 10.2 Å². The Balaban J connectivity index is 1.88. The van der Waals surface area contributed by atoms with Crippen LogP contribution in [0.5, 0.6) is 0 Å². The fourth-order valence-electron chi connectivity index (χ4n) is 3.61. The Bertz CT molecular complexity index is 832. The van der Waals surface area contributed by atoms with E-state index in [0.717, 1.165) is 25.0 Å². The molecule has 1 N–H and O–H groups in total. The van der Waals surface area contributed by atoms with E-state index in [1.807, 2.05) is 14.1 Å². The highest BCUT2D eigenvalue weighted by atomic mass is 32.2. The summed E-state index contributed by atoms with van der Waals surface area (Å²) in [6, 6.07) is 6.65. The third kappa shape index (κ3) is 5.02. The molecular weight excluding hydrogens is 381 g/mol. The Morgan fingerprint density at radius 2 is 1.79 bits per heavy atom. The number of rotatable bonds is 8. The molecule has 0 aliphatic carbocycles. The maximum Gasteiger partial charge on any atom is 0.494 e. The van der Waals surface area contributed by atoms with Crippen molar-refractivity contribution in [2.24, 2.45) is 5.92 Å². The van der Waals surface area contributed by atoms with Crippen LogP contribution in [0.25, 0.3) is 10.9 Å². The number of fused-ring (bicyclic) bond motifs is 1. The standard InChI is InChI=1S/C22H36BN3O2S/c1-16(2)14-26-15-17(11-12-24-29-25(7)8)19-10-9-18(13-20(19)26)23-27-21(3,4)22(5,6)28-23/h9-10,13,15-16,24H,11-12,14H2,1-8H3. The number of nitrogens with one attached hydrogen (secondary N) is 1. The number of hydrogen-bond donors (Lipinski definition) is 1. The summed E-state index contributed by atoms with van der Waals surface area (Å²) in [4.78, 5) is 0. The van der Waals surface area contributed by atoms with Crippen molar-refractivity contribution in [3.05, 3.63) is 30.0 Å². The molecule has 0 saturated carbocycles. The molecule has 7 heteroatoms. The van der Waals surface area contributed by atoms with Gasteiger partial charge in [0.15, 0.2) is 0 Å². The van der Waals surface area contributed by atoms with Crippen molar-refractivity contribution in [3.8, 4) is 0 Å². The van der Waals surface area contributed by atoms with E-state index in [0.29, 0.717) is 5.92 Å². The fourth-order valence-corrected chi connectivity index (χ4v) is 4.07. The lowest BCUT2D eigenvalue weighted by Crippen LogP contribution is -2.41. The molecule has 1 aromatic carbocycles. The Labute approximate surface area is 180 Å². The fraction of sp³-hybridized carbons (Fsp3) is 0.636. The number of hydrogen-bond acceptors (Lipinski definition) is 5. The molecule has 0 amide bonds. The molecule has 0 unspecified atom stereocenters. The van der Waals surface area contributed by atoms with Crippen molar-refractivity contribution < 1.29 is 9.31 Å². The van der Waals surface area contributed by atoms with Crippen molar-refractivity contribution in [1.82, 2.24) is 13.6 Å². The van der Waals surface area contributed by atoms with E-state index in [1.165, 1.54) is 16.5 Å². The Kier molecular flexibility index (Phi) is 6.76. The zero-order chi connectivity index (χ0) is 21.4. The highest BCUT2D eigenvalue weighted by Gasteiger charge is 2.51. The molecule has 0 radical (unpaired) electrons. The van der Waals surface area contributed by atoms with Crippen LogP contribution in [-0.4, -0.2) is 47.8 Å². The van der Waals surface area contributed by atoms with Crippen LogP contribution in [-0.2, 0) is 22.3 Å². The van der Waals surface area contributed by atoms with Gasteiger partial charge in [-0.2, -0.15) is 0 Å². The minimum atomic E-state index is -0.326. The first-order valence-corrected chi connectivity index (χ1v) is 11.3. The topological polar surface area (TPSA) is 38.7 Å². The third-order valence-corrected chi connectivity index (χ3v) is 6.52. The highest BCUT2D eigenvalue weighted by Crippen LogP contribution is 2.36. The van der Waals surface area contributed by atoms with Gasteiger partial charge in [0.25, 0.3) is 0 Å². The predicted octanol–water partition coefficient (Wildman–Crippen LogP) is 3.85. The van der Waals surface area contributed by atoms with Crippen LogP contribution in [0.3, 0.4) is 0 Å². The predicted molar refractivity (Wildman–Crippen MR) is 125 cm³/mol. The summed E-state index contributed by atoms with van der Waals surface area (Å²) >= 11 is 1.64. The van der Waals surface area contributed by atoms with Crippen LogP contribution in [0.1, 0.15) is 47.1 Å². The quantitative estimate of drug-likeness (QED) is 0.401. The molecule has 1 fully saturated rings. The van der Waals surface area contributed by atoms with Gasteiger partial charge in [-0.3, -0.25) is 4.72 Å².